The van der Waals surface area contributed by atoms with Gasteiger partial charge < -0.3 is 64.1 Å². The van der Waals surface area contributed by atoms with E-state index >= 15 is 0 Å². The zero-order valence-electron chi connectivity index (χ0n) is 68.7. The van der Waals surface area contributed by atoms with E-state index < -0.39 is 18.3 Å². The molecule has 3 aromatic carbocycles. The van der Waals surface area contributed by atoms with Crippen LogP contribution in [0.3, 0.4) is 0 Å². The number of ether oxygens (including phenoxy) is 5. The summed E-state index contributed by atoms with van der Waals surface area (Å²) in [6, 6.07) is 13.1. The van der Waals surface area contributed by atoms with Crippen LogP contribution in [-0.4, -0.2) is 205 Å². The van der Waals surface area contributed by atoms with Gasteiger partial charge in [0.15, 0.2) is 0 Å². The average molecular weight is 1630 g/mol. The largest absolute Gasteiger partial charge is 0.498 e. The van der Waals surface area contributed by atoms with Gasteiger partial charge >= 0.3 is 19.3 Å². The molecule has 0 saturated carbocycles. The molecule has 0 unspecified atom stereocenters. The maximum Gasteiger partial charge on any atom is 0.498 e. The molecule has 7 aliphatic heterocycles. The van der Waals surface area contributed by atoms with E-state index in [-0.39, 0.29) is 89.3 Å². The zero-order chi connectivity index (χ0) is 81.3. The van der Waals surface area contributed by atoms with Crippen molar-refractivity contribution in [2.45, 2.75) is 207 Å². The number of likely N-dealkylation sites (tertiary alicyclic amines) is 2. The van der Waals surface area contributed by atoms with E-state index in [2.05, 4.69) is 103 Å². The summed E-state index contributed by atoms with van der Waals surface area (Å²) in [5.74, 6) is 3.16. The molecule has 0 radical (unpaired) electrons. The van der Waals surface area contributed by atoms with Crippen LogP contribution in [0.1, 0.15) is 166 Å². The number of benzene rings is 3. The maximum absolute atomic E-state index is 12.4. The number of hydrogen-bond donors (Lipinski definition) is 4. The smallest absolute Gasteiger partial charge is 0.490 e. The molecule has 32 heteroatoms. The van der Waals surface area contributed by atoms with E-state index in [0.717, 1.165) is 134 Å². The SMILES string of the molecule is CC(C)(C)OC(=O)N1CCC(n2cc(B3OC(C)(C)C(C)(C)O3)cn2)CC1.C[C@@H](Oc1cc(-c2cnn(C3CCN(C(=O)OC(C)(C)C)CC3)c2)cc2nn(C)cc12)[C@H]1CNC(=O)C1.C[C@@H](Oc1cc(-c2cnn(C3CCNCC3)c2)cc2nn(C)cc12)[C@H]1CNC(=O)C1.C[C@@H](Oc1cc(Br)cc2nn(C)cc12)[C@H]1CNC(=O)C1. The molecule has 13 heterocycles. The summed E-state index contributed by atoms with van der Waals surface area (Å²) in [5, 5.41) is 42.4. The van der Waals surface area contributed by atoms with Crippen molar-refractivity contribution in [3.8, 4) is 39.5 Å². The van der Waals surface area contributed by atoms with Crippen molar-refractivity contribution < 1.29 is 57.0 Å². The summed E-state index contributed by atoms with van der Waals surface area (Å²) < 4.78 is 54.4. The first kappa shape index (κ1) is 82.5. The van der Waals surface area contributed by atoms with E-state index in [0.29, 0.717) is 71.1 Å². The quantitative estimate of drug-likeness (QED) is 0.0693. The van der Waals surface area contributed by atoms with Crippen LogP contribution in [-0.2, 0) is 54.3 Å². The molecule has 0 aliphatic carbocycles. The fourth-order valence-electron chi connectivity index (χ4n) is 15.4. The first-order chi connectivity index (χ1) is 54.0. The maximum atomic E-state index is 12.4. The van der Waals surface area contributed by atoms with Gasteiger partial charge in [-0.05, 0) is 189 Å². The van der Waals surface area contributed by atoms with Gasteiger partial charge in [0, 0.05) is 168 Å². The monoisotopic (exact) mass is 1630 g/mol. The highest BCUT2D eigenvalue weighted by Gasteiger charge is 2.52. The molecule has 612 valence electrons. The molecule has 30 nitrogen and oxygen atoms in total. The van der Waals surface area contributed by atoms with Crippen molar-refractivity contribution in [3.63, 3.8) is 0 Å². The molecular formula is C82H112BBrN18O12. The Morgan fingerprint density at radius 1 is 0.491 bits per heavy atom. The Balaban J connectivity index is 0.000000135. The van der Waals surface area contributed by atoms with Gasteiger partial charge in [-0.1, -0.05) is 15.9 Å². The van der Waals surface area contributed by atoms with Crippen molar-refractivity contribution in [1.29, 1.82) is 0 Å². The highest BCUT2D eigenvalue weighted by Crippen LogP contribution is 2.40. The van der Waals surface area contributed by atoms with Crippen molar-refractivity contribution in [3.05, 3.63) is 96.6 Å². The van der Waals surface area contributed by atoms with E-state index in [1.807, 2.05) is 187 Å². The Morgan fingerprint density at radius 2 is 0.842 bits per heavy atom. The molecule has 6 aromatic heterocycles. The lowest BCUT2D eigenvalue weighted by Crippen LogP contribution is -2.42. The highest BCUT2D eigenvalue weighted by atomic mass is 79.9. The number of halogens is 1. The zero-order valence-corrected chi connectivity index (χ0v) is 70.3. The molecule has 16 rings (SSSR count). The lowest BCUT2D eigenvalue weighted by Gasteiger charge is -2.33. The van der Waals surface area contributed by atoms with Crippen LogP contribution >= 0.6 is 15.9 Å². The predicted octanol–water partition coefficient (Wildman–Crippen LogP) is 11.2. The van der Waals surface area contributed by atoms with Crippen molar-refractivity contribution in [2.75, 3.05) is 58.9 Å². The summed E-state index contributed by atoms with van der Waals surface area (Å²) in [4.78, 5) is 62.8. The van der Waals surface area contributed by atoms with Crippen LogP contribution in [0.4, 0.5) is 9.59 Å². The summed E-state index contributed by atoms with van der Waals surface area (Å²) in [5.41, 5.74) is 5.96. The second-order valence-corrected chi connectivity index (χ2v) is 35.4. The first-order valence-corrected chi connectivity index (χ1v) is 40.9. The molecule has 5 amide bonds. The van der Waals surface area contributed by atoms with Crippen LogP contribution in [0, 0.1) is 17.8 Å². The predicted molar refractivity (Wildman–Crippen MR) is 437 cm³/mol. The molecule has 114 heavy (non-hydrogen) atoms. The molecule has 0 bridgehead atoms. The number of hydrogen-bond acceptors (Lipinski definition) is 19. The molecule has 9 aromatic rings. The van der Waals surface area contributed by atoms with Gasteiger partial charge in [-0.3, -0.25) is 42.5 Å². The van der Waals surface area contributed by atoms with Gasteiger partial charge in [-0.15, -0.1) is 0 Å². The molecule has 7 fully saturated rings. The number of rotatable bonds is 15. The standard InChI is InChI=1S/C27H36N6O4.C22H28N6O2.C19H32BN3O4.C14H16BrN3O2/c1-17(19-12-25(34)28-13-19)36-24-11-18(10-23-22(24)16-31(5)30-23)20-14-29-33(15-20)21-6-8-32(9-7-21)26(35)37-27(2,3)4;1-14(16-9-22(29)24-10-16)30-21-8-15(7-20-19(21)13-27(2)26-20)17-11-25-28(12-17)18-3-5-23-6-4-18;1-17(2,3)25-16(24)22-10-8-15(9-11-22)23-13-14(12-21-23)20-26-18(4,5)19(6,7)27-20;1-8(9-3-14(19)16-6-9)20-13-5-10(15)4-12-11(13)7-18(2)17-12/h10-11,14-17,19,21H,6-9,12-13H2,1-5H3,(H,28,34);7-8,11-14,16,18,23H,3-6,9-10H2,1-2H3,(H,24,29);12-13,15H,8-11H2,1-7H3;4-5,7-9H,3,6H2,1-2H3,(H,16,19)/t17-,19-;14-,16-;;8-,9-/m11.1/s1. The van der Waals surface area contributed by atoms with Crippen LogP contribution in [0.2, 0.25) is 0 Å². The van der Waals surface area contributed by atoms with Crippen LogP contribution in [0.25, 0.3) is 55.0 Å². The number of piperidine rings is 3. The van der Waals surface area contributed by atoms with Gasteiger partial charge in [0.25, 0.3) is 0 Å². The normalized spacial score (nSPS) is 20.9. The summed E-state index contributed by atoms with van der Waals surface area (Å²) in [6.45, 7) is 32.2. The molecule has 4 N–H and O–H groups in total. The van der Waals surface area contributed by atoms with Crippen molar-refractivity contribution >= 4 is 91.1 Å². The third kappa shape index (κ3) is 20.0. The number of nitrogens with zero attached hydrogens (tertiary/aromatic N) is 14. The van der Waals surface area contributed by atoms with Crippen molar-refractivity contribution in [1.82, 2.24) is 89.7 Å². The minimum atomic E-state index is -0.495. The molecule has 7 saturated heterocycles. The van der Waals surface area contributed by atoms with E-state index in [9.17, 15) is 24.0 Å². The first-order valence-electron chi connectivity index (χ1n) is 40.1. The van der Waals surface area contributed by atoms with Crippen molar-refractivity contribution in [2.24, 2.45) is 38.9 Å². The summed E-state index contributed by atoms with van der Waals surface area (Å²) in [6.07, 6.45) is 24.1. The number of amides is 5. The van der Waals surface area contributed by atoms with Gasteiger partial charge in [-0.2, -0.15) is 30.6 Å². The highest BCUT2D eigenvalue weighted by molar-refractivity contribution is 9.10. The number of aromatic nitrogens is 12. The third-order valence-electron chi connectivity index (χ3n) is 22.7. The van der Waals surface area contributed by atoms with Gasteiger partial charge in [0.05, 0.1) is 74.4 Å². The fraction of sp³-hybridized carbons (Fsp3) is 0.573. The second-order valence-electron chi connectivity index (χ2n) is 34.5. The molecule has 0 spiro atoms. The topological polar surface area (TPSA) is 311 Å². The lowest BCUT2D eigenvalue weighted by molar-refractivity contribution is -0.120. The lowest BCUT2D eigenvalue weighted by atomic mass is 9.82. The molecule has 6 atom stereocenters. The van der Waals surface area contributed by atoms with E-state index in [1.165, 1.54) is 0 Å². The average Bonchev–Trinajstić information content (AvgIpc) is 1.62. The van der Waals surface area contributed by atoms with Gasteiger partial charge in [0.1, 0.15) is 46.8 Å². The van der Waals surface area contributed by atoms with E-state index in [4.69, 9.17) is 33.0 Å². The Bertz CT molecular complexity index is 4890. The molecule has 7 aliphatic rings. The third-order valence-corrected chi connectivity index (χ3v) is 23.2. The summed E-state index contributed by atoms with van der Waals surface area (Å²) >= 11 is 3.48. The van der Waals surface area contributed by atoms with Crippen LogP contribution in [0.15, 0.2) is 96.6 Å². The summed E-state index contributed by atoms with van der Waals surface area (Å²) in [7, 11) is 5.31. The minimum Gasteiger partial charge on any atom is -0.490 e. The van der Waals surface area contributed by atoms with Gasteiger partial charge in [-0.25, -0.2) is 9.59 Å². The fourth-order valence-corrected chi connectivity index (χ4v) is 15.8. The Labute approximate surface area is 674 Å². The molecular weight excluding hydrogens is 1520 g/mol. The Hall–Kier alpha value is -9.53. The number of carbonyl (C=O) groups is 5. The number of nitrogens with one attached hydrogen (secondary N) is 4. The van der Waals surface area contributed by atoms with Crippen LogP contribution < -0.4 is 40.9 Å². The second kappa shape index (κ2) is 34.1. The van der Waals surface area contributed by atoms with Gasteiger partial charge in [0.2, 0.25) is 17.7 Å². The number of carbonyl (C=O) groups excluding carboxylic acids is 5. The Kier molecular flexibility index (Phi) is 24.7. The van der Waals surface area contributed by atoms with Crippen LogP contribution in [0.5, 0.6) is 17.2 Å². The Morgan fingerprint density at radius 3 is 1.21 bits per heavy atom. The minimum absolute atomic E-state index is 0.0216. The van der Waals surface area contributed by atoms with E-state index in [1.54, 1.807) is 19.2 Å². The number of aryl methyl sites for hydroxylation is 3. The number of fused-ring (bicyclic) bond motifs is 3.